The van der Waals surface area contributed by atoms with Crippen LogP contribution in [0.15, 0.2) is 58.3 Å². The molecule has 1 aliphatic heterocycles. The van der Waals surface area contributed by atoms with E-state index in [1.807, 2.05) is 6.92 Å². The Morgan fingerprint density at radius 2 is 1.78 bits per heavy atom. The molecule has 172 valence electrons. The minimum Gasteiger partial charge on any atom is -0.454 e. The van der Waals surface area contributed by atoms with E-state index in [1.165, 1.54) is 36.4 Å². The maximum absolute atomic E-state index is 12.9. The third kappa shape index (κ3) is 5.51. The Balaban J connectivity index is 1.63. The number of carbonyl (C=O) groups is 2. The number of aryl methyl sites for hydroxylation is 1. The lowest BCUT2D eigenvalue weighted by molar-refractivity contribution is -0.150. The Kier molecular flexibility index (Phi) is 6.98. The fourth-order valence-corrected chi connectivity index (χ4v) is 5.50. The van der Waals surface area contributed by atoms with E-state index in [9.17, 15) is 26.4 Å². The second-order valence-electron chi connectivity index (χ2n) is 7.32. The van der Waals surface area contributed by atoms with Gasteiger partial charge in [-0.15, -0.1) is 0 Å². The molecule has 3 rings (SSSR count). The summed E-state index contributed by atoms with van der Waals surface area (Å²) in [5, 5.41) is 7.46. The number of esters is 1. The first-order chi connectivity index (χ1) is 15.0. The van der Waals surface area contributed by atoms with Crippen molar-refractivity contribution in [3.63, 3.8) is 0 Å². The van der Waals surface area contributed by atoms with Crippen molar-refractivity contribution in [1.82, 2.24) is 4.31 Å². The molecule has 12 heteroatoms. The average molecular weight is 482 g/mol. The van der Waals surface area contributed by atoms with Gasteiger partial charge < -0.3 is 10.1 Å². The van der Waals surface area contributed by atoms with E-state index in [1.54, 1.807) is 12.1 Å². The second kappa shape index (κ2) is 9.36. The number of anilines is 1. The molecule has 1 heterocycles. The van der Waals surface area contributed by atoms with Gasteiger partial charge in [-0.25, -0.2) is 22.0 Å². The Hall–Kier alpha value is -2.80. The number of ether oxygens (including phenoxy) is 1. The second-order valence-corrected chi connectivity index (χ2v) is 10.8. The topological polar surface area (TPSA) is 153 Å². The zero-order chi connectivity index (χ0) is 23.5. The molecule has 0 bridgehead atoms. The van der Waals surface area contributed by atoms with Gasteiger partial charge in [0.15, 0.2) is 6.61 Å². The van der Waals surface area contributed by atoms with Gasteiger partial charge in [0.2, 0.25) is 20.0 Å². The van der Waals surface area contributed by atoms with Gasteiger partial charge in [0, 0.05) is 12.2 Å². The van der Waals surface area contributed by atoms with Crippen LogP contribution in [-0.4, -0.2) is 52.2 Å². The molecule has 1 aliphatic rings. The predicted octanol–water partition coefficient (Wildman–Crippen LogP) is 0.977. The first-order valence-electron chi connectivity index (χ1n) is 9.66. The number of nitrogens with one attached hydrogen (secondary N) is 1. The molecular formula is C20H23N3O7S2. The first-order valence-corrected chi connectivity index (χ1v) is 12.6. The van der Waals surface area contributed by atoms with Crippen molar-refractivity contribution in [2.45, 2.75) is 35.6 Å². The van der Waals surface area contributed by atoms with E-state index in [0.717, 1.165) is 9.87 Å². The van der Waals surface area contributed by atoms with Crippen molar-refractivity contribution in [3.05, 3.63) is 54.1 Å². The van der Waals surface area contributed by atoms with Gasteiger partial charge >= 0.3 is 5.97 Å². The molecule has 0 spiro atoms. The molecule has 0 saturated carbocycles. The predicted molar refractivity (Wildman–Crippen MR) is 115 cm³/mol. The number of sulfonamides is 2. The van der Waals surface area contributed by atoms with Crippen LogP contribution < -0.4 is 10.5 Å². The lowest BCUT2D eigenvalue weighted by Gasteiger charge is -2.22. The van der Waals surface area contributed by atoms with Gasteiger partial charge in [0.1, 0.15) is 6.04 Å². The standard InChI is InChI=1S/C20H23N3O7S2/c1-14-7-9-16(10-8-14)32(28,29)23-11-3-6-18(23)20(25)30-13-19(24)22-15-4-2-5-17(12-15)31(21,26)27/h2,4-5,7-10,12,18H,3,6,11,13H2,1H3,(H,22,24)(H2,21,26,27)/t18-/m0/s1. The molecule has 0 unspecified atom stereocenters. The molecule has 1 amide bonds. The summed E-state index contributed by atoms with van der Waals surface area (Å²) in [5.74, 6) is -1.54. The Morgan fingerprint density at radius 3 is 2.44 bits per heavy atom. The minimum atomic E-state index is -3.94. The van der Waals surface area contributed by atoms with Crippen LogP contribution in [0.3, 0.4) is 0 Å². The molecule has 0 aromatic heterocycles. The molecule has 1 saturated heterocycles. The molecular weight excluding hydrogens is 458 g/mol. The zero-order valence-electron chi connectivity index (χ0n) is 17.2. The van der Waals surface area contributed by atoms with Gasteiger partial charge in [-0.2, -0.15) is 4.31 Å². The quantitative estimate of drug-likeness (QED) is 0.559. The van der Waals surface area contributed by atoms with Crippen LogP contribution in [-0.2, 0) is 34.4 Å². The summed E-state index contributed by atoms with van der Waals surface area (Å²) < 4.78 is 54.8. The normalized spacial score (nSPS) is 17.1. The van der Waals surface area contributed by atoms with Crippen LogP contribution in [0.5, 0.6) is 0 Å². The van der Waals surface area contributed by atoms with Gasteiger partial charge in [-0.1, -0.05) is 23.8 Å². The largest absolute Gasteiger partial charge is 0.454 e. The van der Waals surface area contributed by atoms with E-state index in [2.05, 4.69) is 5.32 Å². The van der Waals surface area contributed by atoms with Crippen molar-refractivity contribution in [1.29, 1.82) is 0 Å². The molecule has 2 aromatic rings. The SMILES string of the molecule is Cc1ccc(S(=O)(=O)N2CCC[C@H]2C(=O)OCC(=O)Nc2cccc(S(N)(=O)=O)c2)cc1. The van der Waals surface area contributed by atoms with E-state index in [4.69, 9.17) is 9.88 Å². The first kappa shape index (κ1) is 23.9. The number of primary sulfonamides is 1. The van der Waals surface area contributed by atoms with Crippen LogP contribution in [0.25, 0.3) is 0 Å². The van der Waals surface area contributed by atoms with E-state index < -0.39 is 44.6 Å². The highest BCUT2D eigenvalue weighted by atomic mass is 32.2. The number of nitrogens with zero attached hydrogens (tertiary/aromatic N) is 1. The number of benzene rings is 2. The van der Waals surface area contributed by atoms with Crippen LogP contribution in [0.2, 0.25) is 0 Å². The highest BCUT2D eigenvalue weighted by Crippen LogP contribution is 2.27. The van der Waals surface area contributed by atoms with E-state index >= 15 is 0 Å². The van der Waals surface area contributed by atoms with E-state index in [-0.39, 0.29) is 28.4 Å². The Bertz CT molecular complexity index is 1230. The van der Waals surface area contributed by atoms with Crippen molar-refractivity contribution in [2.75, 3.05) is 18.5 Å². The van der Waals surface area contributed by atoms with Gasteiger partial charge in [0.25, 0.3) is 5.91 Å². The Labute approximate surface area is 186 Å². The third-order valence-corrected chi connectivity index (χ3v) is 7.73. The summed E-state index contributed by atoms with van der Waals surface area (Å²) in [6.45, 7) is 1.35. The van der Waals surface area contributed by atoms with Crippen molar-refractivity contribution in [3.8, 4) is 0 Å². The molecule has 1 atom stereocenters. The molecule has 2 aromatic carbocycles. The van der Waals surface area contributed by atoms with E-state index in [0.29, 0.717) is 6.42 Å². The fraction of sp³-hybridized carbons (Fsp3) is 0.300. The van der Waals surface area contributed by atoms with Crippen molar-refractivity contribution >= 4 is 37.6 Å². The maximum Gasteiger partial charge on any atom is 0.324 e. The summed E-state index contributed by atoms with van der Waals surface area (Å²) in [4.78, 5) is 24.5. The van der Waals surface area contributed by atoms with Crippen LogP contribution in [0.4, 0.5) is 5.69 Å². The lowest BCUT2D eigenvalue weighted by Crippen LogP contribution is -2.42. The summed E-state index contributed by atoms with van der Waals surface area (Å²) >= 11 is 0. The fourth-order valence-electron chi connectivity index (χ4n) is 3.29. The summed E-state index contributed by atoms with van der Waals surface area (Å²) in [6, 6.07) is 10.6. The zero-order valence-corrected chi connectivity index (χ0v) is 18.9. The monoisotopic (exact) mass is 481 g/mol. The number of nitrogens with two attached hydrogens (primary N) is 1. The minimum absolute atomic E-state index is 0.0790. The van der Waals surface area contributed by atoms with Crippen molar-refractivity contribution in [2.24, 2.45) is 5.14 Å². The van der Waals surface area contributed by atoms with Crippen LogP contribution in [0.1, 0.15) is 18.4 Å². The molecule has 0 radical (unpaired) electrons. The Morgan fingerprint density at radius 1 is 1.09 bits per heavy atom. The summed E-state index contributed by atoms with van der Waals surface area (Å²) in [5.41, 5.74) is 1.06. The maximum atomic E-state index is 12.9. The highest BCUT2D eigenvalue weighted by molar-refractivity contribution is 7.89. The van der Waals surface area contributed by atoms with Gasteiger partial charge in [-0.05, 0) is 50.1 Å². The van der Waals surface area contributed by atoms with Gasteiger partial charge in [0.05, 0.1) is 9.79 Å². The van der Waals surface area contributed by atoms with Crippen LogP contribution >= 0.6 is 0 Å². The number of rotatable bonds is 7. The van der Waals surface area contributed by atoms with Crippen LogP contribution in [0, 0.1) is 6.92 Å². The molecule has 32 heavy (non-hydrogen) atoms. The third-order valence-electron chi connectivity index (χ3n) is 4.90. The molecule has 10 nitrogen and oxygen atoms in total. The smallest absolute Gasteiger partial charge is 0.324 e. The number of hydrogen-bond acceptors (Lipinski definition) is 7. The lowest BCUT2D eigenvalue weighted by atomic mass is 10.2. The average Bonchev–Trinajstić information content (AvgIpc) is 3.23. The molecule has 0 aliphatic carbocycles. The number of hydrogen-bond donors (Lipinski definition) is 2. The van der Waals surface area contributed by atoms with Crippen molar-refractivity contribution < 1.29 is 31.2 Å². The number of amides is 1. The van der Waals surface area contributed by atoms with Gasteiger partial charge in [-0.3, -0.25) is 9.59 Å². The highest BCUT2D eigenvalue weighted by Gasteiger charge is 2.40. The molecule has 3 N–H and O–H groups in total. The number of carbonyl (C=O) groups excluding carboxylic acids is 2. The molecule has 1 fully saturated rings. The summed E-state index contributed by atoms with van der Waals surface area (Å²) in [6.07, 6.45) is 0.763. The summed E-state index contributed by atoms with van der Waals surface area (Å²) in [7, 11) is -7.83.